The highest BCUT2D eigenvalue weighted by atomic mass is 16.5. The molecule has 1 aliphatic rings. The summed E-state index contributed by atoms with van der Waals surface area (Å²) in [4.78, 5) is 0. The van der Waals surface area contributed by atoms with Crippen molar-refractivity contribution in [3.05, 3.63) is 24.3 Å². The van der Waals surface area contributed by atoms with Crippen molar-refractivity contribution in [2.45, 2.75) is 38.3 Å². The Morgan fingerprint density at radius 2 is 2.25 bits per heavy atom. The number of benzene rings is 1. The summed E-state index contributed by atoms with van der Waals surface area (Å²) in [6, 6.07) is 9.06. The fourth-order valence-electron chi connectivity index (χ4n) is 1.91. The normalized spacial score (nSPS) is 23.6. The smallest absolute Gasteiger partial charge is 0.121 e. The summed E-state index contributed by atoms with van der Waals surface area (Å²) in [5, 5.41) is 3.47. The lowest BCUT2D eigenvalue weighted by Crippen LogP contribution is -2.44. The fraction of sp³-hybridized carbons (Fsp3) is 0.538. The number of anilines is 1. The lowest BCUT2D eigenvalue weighted by atomic mass is 9.87. The molecule has 0 spiro atoms. The van der Waals surface area contributed by atoms with E-state index in [0.717, 1.165) is 37.3 Å². The maximum Gasteiger partial charge on any atom is 0.121 e. The summed E-state index contributed by atoms with van der Waals surface area (Å²) in [5.41, 5.74) is 6.88. The zero-order valence-electron chi connectivity index (χ0n) is 9.78. The lowest BCUT2D eigenvalue weighted by molar-refractivity contribution is 0.317. The predicted octanol–water partition coefficient (Wildman–Crippen LogP) is 2.38. The van der Waals surface area contributed by atoms with Gasteiger partial charge < -0.3 is 15.8 Å². The Morgan fingerprint density at radius 3 is 2.94 bits per heavy atom. The highest BCUT2D eigenvalue weighted by molar-refractivity contribution is 5.49. The summed E-state index contributed by atoms with van der Waals surface area (Å²) in [6.07, 6.45) is 3.18. The van der Waals surface area contributed by atoms with Crippen molar-refractivity contribution >= 4 is 5.69 Å². The zero-order chi connectivity index (χ0) is 11.4. The largest absolute Gasteiger partial charge is 0.494 e. The third-order valence-electron chi connectivity index (χ3n) is 2.85. The van der Waals surface area contributed by atoms with E-state index in [2.05, 4.69) is 24.4 Å². The van der Waals surface area contributed by atoms with Crippen LogP contribution in [0.25, 0.3) is 0 Å². The lowest BCUT2D eigenvalue weighted by Gasteiger charge is -2.33. The Morgan fingerprint density at radius 1 is 1.44 bits per heavy atom. The molecule has 0 bridgehead atoms. The van der Waals surface area contributed by atoms with E-state index < -0.39 is 0 Å². The minimum atomic E-state index is 0.386. The van der Waals surface area contributed by atoms with Crippen molar-refractivity contribution < 1.29 is 4.74 Å². The SMILES string of the molecule is CCCOc1cccc(NC2CC(N)C2)c1. The van der Waals surface area contributed by atoms with Crippen LogP contribution < -0.4 is 15.8 Å². The van der Waals surface area contributed by atoms with Crippen LogP contribution in [0.5, 0.6) is 5.75 Å². The van der Waals surface area contributed by atoms with E-state index in [-0.39, 0.29) is 0 Å². The quantitative estimate of drug-likeness (QED) is 0.801. The van der Waals surface area contributed by atoms with E-state index in [1.807, 2.05) is 12.1 Å². The van der Waals surface area contributed by atoms with E-state index in [1.54, 1.807) is 0 Å². The summed E-state index contributed by atoms with van der Waals surface area (Å²) in [5.74, 6) is 0.940. The van der Waals surface area contributed by atoms with Crippen LogP contribution in [0, 0.1) is 0 Å². The molecule has 3 N–H and O–H groups in total. The zero-order valence-corrected chi connectivity index (χ0v) is 9.78. The molecule has 88 valence electrons. The van der Waals surface area contributed by atoms with Crippen molar-refractivity contribution in [1.82, 2.24) is 0 Å². The topological polar surface area (TPSA) is 47.3 Å². The molecule has 0 radical (unpaired) electrons. The van der Waals surface area contributed by atoms with E-state index in [1.165, 1.54) is 0 Å². The number of rotatable bonds is 5. The minimum absolute atomic E-state index is 0.386. The molecule has 0 aromatic heterocycles. The molecule has 1 aromatic rings. The van der Waals surface area contributed by atoms with Crippen LogP contribution in [0.1, 0.15) is 26.2 Å². The Bertz CT molecular complexity index is 334. The number of nitrogens with two attached hydrogens (primary N) is 1. The molecule has 0 atom stereocenters. The molecule has 0 aliphatic heterocycles. The van der Waals surface area contributed by atoms with Gasteiger partial charge in [-0.3, -0.25) is 0 Å². The van der Waals surface area contributed by atoms with Gasteiger partial charge in [-0.15, -0.1) is 0 Å². The fourth-order valence-corrected chi connectivity index (χ4v) is 1.91. The summed E-state index contributed by atoms with van der Waals surface area (Å²) >= 11 is 0. The van der Waals surface area contributed by atoms with Gasteiger partial charge in [0, 0.05) is 23.8 Å². The summed E-state index contributed by atoms with van der Waals surface area (Å²) in [6.45, 7) is 2.88. The Hall–Kier alpha value is -1.22. The van der Waals surface area contributed by atoms with Crippen LogP contribution >= 0.6 is 0 Å². The summed E-state index contributed by atoms with van der Waals surface area (Å²) < 4.78 is 5.59. The van der Waals surface area contributed by atoms with Gasteiger partial charge in [0.15, 0.2) is 0 Å². The molecule has 1 fully saturated rings. The van der Waals surface area contributed by atoms with Gasteiger partial charge >= 0.3 is 0 Å². The Labute approximate surface area is 97.0 Å². The predicted molar refractivity (Wildman–Crippen MR) is 66.8 cm³/mol. The molecule has 0 heterocycles. The number of ether oxygens (including phenoxy) is 1. The van der Waals surface area contributed by atoms with Crippen LogP contribution in [0.4, 0.5) is 5.69 Å². The minimum Gasteiger partial charge on any atom is -0.494 e. The maximum atomic E-state index is 5.75. The van der Waals surface area contributed by atoms with Crippen molar-refractivity contribution in [2.75, 3.05) is 11.9 Å². The standard InChI is InChI=1S/C13H20N2O/c1-2-6-16-13-5-3-4-11(9-13)15-12-7-10(14)8-12/h3-5,9-10,12,15H,2,6-8,14H2,1H3. The average molecular weight is 220 g/mol. The molecule has 0 saturated heterocycles. The van der Waals surface area contributed by atoms with Gasteiger partial charge in [0.25, 0.3) is 0 Å². The highest BCUT2D eigenvalue weighted by Gasteiger charge is 2.25. The van der Waals surface area contributed by atoms with E-state index in [9.17, 15) is 0 Å². The van der Waals surface area contributed by atoms with Crippen molar-refractivity contribution in [3.8, 4) is 5.75 Å². The molecule has 16 heavy (non-hydrogen) atoms. The molecule has 0 unspecified atom stereocenters. The maximum absolute atomic E-state index is 5.75. The second-order valence-corrected chi connectivity index (χ2v) is 4.45. The second-order valence-electron chi connectivity index (χ2n) is 4.45. The van der Waals surface area contributed by atoms with Gasteiger partial charge in [0.2, 0.25) is 0 Å². The number of hydrogen-bond acceptors (Lipinski definition) is 3. The van der Waals surface area contributed by atoms with Gasteiger partial charge in [-0.05, 0) is 31.4 Å². The first-order valence-corrected chi connectivity index (χ1v) is 6.03. The molecule has 2 rings (SSSR count). The van der Waals surface area contributed by atoms with Crippen LogP contribution in [-0.4, -0.2) is 18.7 Å². The van der Waals surface area contributed by atoms with Crippen LogP contribution in [-0.2, 0) is 0 Å². The molecule has 1 saturated carbocycles. The molecule has 0 amide bonds. The van der Waals surface area contributed by atoms with Gasteiger partial charge in [0.1, 0.15) is 5.75 Å². The number of nitrogens with one attached hydrogen (secondary N) is 1. The third-order valence-corrected chi connectivity index (χ3v) is 2.85. The van der Waals surface area contributed by atoms with Gasteiger partial charge in [-0.2, -0.15) is 0 Å². The first-order valence-electron chi connectivity index (χ1n) is 6.03. The van der Waals surface area contributed by atoms with Gasteiger partial charge in [0.05, 0.1) is 6.61 Å². The summed E-state index contributed by atoms with van der Waals surface area (Å²) in [7, 11) is 0. The molecule has 1 aromatic carbocycles. The van der Waals surface area contributed by atoms with Gasteiger partial charge in [-0.1, -0.05) is 13.0 Å². The van der Waals surface area contributed by atoms with E-state index in [4.69, 9.17) is 10.5 Å². The molecule has 3 nitrogen and oxygen atoms in total. The van der Waals surface area contributed by atoms with Crippen molar-refractivity contribution in [3.63, 3.8) is 0 Å². The molecular weight excluding hydrogens is 200 g/mol. The average Bonchev–Trinajstić information content (AvgIpc) is 2.25. The van der Waals surface area contributed by atoms with Crippen LogP contribution in [0.15, 0.2) is 24.3 Å². The highest BCUT2D eigenvalue weighted by Crippen LogP contribution is 2.24. The van der Waals surface area contributed by atoms with E-state index >= 15 is 0 Å². The third kappa shape index (κ3) is 2.89. The van der Waals surface area contributed by atoms with Crippen molar-refractivity contribution in [1.29, 1.82) is 0 Å². The first kappa shape index (κ1) is 11.3. The van der Waals surface area contributed by atoms with Crippen LogP contribution in [0.2, 0.25) is 0 Å². The Kier molecular flexibility index (Phi) is 3.67. The van der Waals surface area contributed by atoms with E-state index in [0.29, 0.717) is 12.1 Å². The van der Waals surface area contributed by atoms with Gasteiger partial charge in [-0.25, -0.2) is 0 Å². The molecule has 1 aliphatic carbocycles. The van der Waals surface area contributed by atoms with Crippen molar-refractivity contribution in [2.24, 2.45) is 5.73 Å². The monoisotopic (exact) mass is 220 g/mol. The number of hydrogen-bond donors (Lipinski definition) is 2. The molecule has 3 heteroatoms. The first-order chi connectivity index (χ1) is 7.78. The Balaban J connectivity index is 1.88. The molecular formula is C13H20N2O. The second kappa shape index (κ2) is 5.21. The van der Waals surface area contributed by atoms with Crippen LogP contribution in [0.3, 0.4) is 0 Å².